The smallest absolute Gasteiger partial charge is 0.255 e. The minimum Gasteiger partial charge on any atom is -0.507 e. The van der Waals surface area contributed by atoms with E-state index in [0.29, 0.717) is 19.6 Å². The van der Waals surface area contributed by atoms with Crippen molar-refractivity contribution in [3.05, 3.63) is 90.6 Å². The molecule has 0 bridgehead atoms. The average Bonchev–Trinajstić information content (AvgIpc) is 2.94. The Balaban J connectivity index is 2.05. The van der Waals surface area contributed by atoms with E-state index in [4.69, 9.17) is 4.74 Å². The summed E-state index contributed by atoms with van der Waals surface area (Å²) in [6.45, 7) is 5.17. The minimum atomic E-state index is -0.493. The van der Waals surface area contributed by atoms with Gasteiger partial charge in [0.1, 0.15) is 11.9 Å². The first-order valence-electron chi connectivity index (χ1n) is 14.3. The number of unbranched alkanes of at least 4 members (excludes halogenated alkanes) is 2. The van der Waals surface area contributed by atoms with Gasteiger partial charge in [-0.1, -0.05) is 86.7 Å². The number of phenolic OH excluding ortho intramolecular Hbond substituents is 1. The van der Waals surface area contributed by atoms with Crippen LogP contribution in [-0.4, -0.2) is 42.7 Å². The third kappa shape index (κ3) is 17.7. The molecule has 2 amide bonds. The van der Waals surface area contributed by atoms with Gasteiger partial charge in [0.25, 0.3) is 5.91 Å². The summed E-state index contributed by atoms with van der Waals surface area (Å²) in [5, 5.41) is 15.2. The number of ether oxygens (including phenoxy) is 1. The van der Waals surface area contributed by atoms with E-state index in [9.17, 15) is 14.7 Å². The number of carbonyl (C=O) groups is 2. The standard InChI is InChI=1S/C33H48N2O4/c1-3-5-6-7-8-9-10-11-12-13-14-15-16-17-18-19-20-23-28-39-31(4-2)33(38)35-27-26-34-32(37)29-24-21-22-25-30(29)36/h5-6,8-9,11-12,14-15,17-18,21-22,24-25,31,36H,3-4,7,10,13,16,19-20,23,26-28H2,1-2H3,(H,34,37)(H,35,38)/b6-5-,9-8-,12-11-,15-14-,18-17-/t31-/m1/s1. The number of hydrogen-bond donors (Lipinski definition) is 3. The Morgan fingerprint density at radius 1 is 0.795 bits per heavy atom. The van der Waals surface area contributed by atoms with Crippen molar-refractivity contribution >= 4 is 11.8 Å². The average molecular weight is 537 g/mol. The molecule has 1 rings (SSSR count). The van der Waals surface area contributed by atoms with Gasteiger partial charge in [0.05, 0.1) is 5.56 Å². The number of nitrogens with one attached hydrogen (secondary N) is 2. The van der Waals surface area contributed by atoms with Crippen molar-refractivity contribution < 1.29 is 19.4 Å². The van der Waals surface area contributed by atoms with E-state index in [1.54, 1.807) is 18.2 Å². The highest BCUT2D eigenvalue weighted by atomic mass is 16.5. The normalized spacial score (nSPS) is 12.9. The number of para-hydroxylation sites is 1. The molecule has 6 nitrogen and oxygen atoms in total. The van der Waals surface area contributed by atoms with Crippen molar-refractivity contribution in [2.45, 2.75) is 77.7 Å². The summed E-state index contributed by atoms with van der Waals surface area (Å²) >= 11 is 0. The molecule has 1 aromatic carbocycles. The van der Waals surface area contributed by atoms with Crippen molar-refractivity contribution in [2.75, 3.05) is 19.7 Å². The Morgan fingerprint density at radius 3 is 1.95 bits per heavy atom. The summed E-state index contributed by atoms with van der Waals surface area (Å²) in [4.78, 5) is 24.4. The van der Waals surface area contributed by atoms with Crippen molar-refractivity contribution in [3.8, 4) is 5.75 Å². The summed E-state index contributed by atoms with van der Waals surface area (Å²) in [6, 6.07) is 6.35. The van der Waals surface area contributed by atoms with Crippen LogP contribution >= 0.6 is 0 Å². The van der Waals surface area contributed by atoms with E-state index in [-0.39, 0.29) is 29.7 Å². The molecule has 0 radical (unpaired) electrons. The van der Waals surface area contributed by atoms with Gasteiger partial charge in [-0.15, -0.1) is 0 Å². The van der Waals surface area contributed by atoms with Gasteiger partial charge in [0, 0.05) is 19.7 Å². The van der Waals surface area contributed by atoms with Crippen LogP contribution in [0.1, 0.15) is 82.0 Å². The maximum Gasteiger partial charge on any atom is 0.255 e. The molecule has 0 saturated heterocycles. The molecule has 0 spiro atoms. The molecule has 0 heterocycles. The van der Waals surface area contributed by atoms with Crippen molar-refractivity contribution in [1.82, 2.24) is 10.6 Å². The van der Waals surface area contributed by atoms with Crippen molar-refractivity contribution in [1.29, 1.82) is 0 Å². The molecule has 39 heavy (non-hydrogen) atoms. The second-order valence-electron chi connectivity index (χ2n) is 9.04. The lowest BCUT2D eigenvalue weighted by Gasteiger charge is -2.16. The maximum atomic E-state index is 12.4. The molecule has 0 unspecified atom stereocenters. The van der Waals surface area contributed by atoms with Crippen LogP contribution in [0.2, 0.25) is 0 Å². The fourth-order valence-electron chi connectivity index (χ4n) is 3.57. The summed E-state index contributed by atoms with van der Waals surface area (Å²) in [7, 11) is 0. The van der Waals surface area contributed by atoms with Gasteiger partial charge in [0.2, 0.25) is 5.91 Å². The zero-order valence-corrected chi connectivity index (χ0v) is 23.8. The van der Waals surface area contributed by atoms with E-state index in [0.717, 1.165) is 51.4 Å². The maximum absolute atomic E-state index is 12.4. The molecular weight excluding hydrogens is 488 g/mol. The van der Waals surface area contributed by atoms with E-state index in [1.807, 2.05) is 6.92 Å². The molecule has 1 atom stereocenters. The first-order chi connectivity index (χ1) is 19.1. The predicted octanol–water partition coefficient (Wildman–Crippen LogP) is 6.96. The van der Waals surface area contributed by atoms with E-state index < -0.39 is 6.10 Å². The van der Waals surface area contributed by atoms with Gasteiger partial charge in [-0.2, -0.15) is 0 Å². The second kappa shape index (κ2) is 23.7. The SMILES string of the molecule is CC/C=C\C/C=C\C/C=C\C/C=C\C/C=C\CCCCO[C@H](CC)C(=O)NCCNC(=O)c1ccccc1O. The molecule has 0 saturated carbocycles. The van der Waals surface area contributed by atoms with Crippen molar-refractivity contribution in [3.63, 3.8) is 0 Å². The zero-order chi connectivity index (χ0) is 28.4. The zero-order valence-electron chi connectivity index (χ0n) is 23.8. The van der Waals surface area contributed by atoms with Gasteiger partial charge < -0.3 is 20.5 Å². The van der Waals surface area contributed by atoms with Crippen LogP contribution in [0.3, 0.4) is 0 Å². The number of carbonyl (C=O) groups excluding carboxylic acids is 2. The lowest BCUT2D eigenvalue weighted by molar-refractivity contribution is -0.133. The van der Waals surface area contributed by atoms with Crippen LogP contribution in [0.15, 0.2) is 85.0 Å². The second-order valence-corrected chi connectivity index (χ2v) is 9.04. The Morgan fingerprint density at radius 2 is 1.36 bits per heavy atom. The van der Waals surface area contributed by atoms with Crippen LogP contribution in [0.25, 0.3) is 0 Å². The van der Waals surface area contributed by atoms with Crippen LogP contribution < -0.4 is 10.6 Å². The highest BCUT2D eigenvalue weighted by molar-refractivity contribution is 5.96. The third-order valence-corrected chi connectivity index (χ3v) is 5.76. The topological polar surface area (TPSA) is 87.7 Å². The summed E-state index contributed by atoms with van der Waals surface area (Å²) in [5.74, 6) is -0.620. The lowest BCUT2D eigenvalue weighted by Crippen LogP contribution is -2.40. The van der Waals surface area contributed by atoms with Crippen LogP contribution in [0.4, 0.5) is 0 Å². The van der Waals surface area contributed by atoms with E-state index in [1.165, 1.54) is 6.07 Å². The molecule has 0 aliphatic heterocycles. The molecule has 0 aliphatic carbocycles. The van der Waals surface area contributed by atoms with Crippen LogP contribution in [0, 0.1) is 0 Å². The molecule has 0 fully saturated rings. The summed E-state index contributed by atoms with van der Waals surface area (Å²) in [5.41, 5.74) is 0.211. The van der Waals surface area contributed by atoms with Crippen molar-refractivity contribution in [2.24, 2.45) is 0 Å². The fraction of sp³-hybridized carbons (Fsp3) is 0.455. The minimum absolute atomic E-state index is 0.0696. The third-order valence-electron chi connectivity index (χ3n) is 5.76. The fourth-order valence-corrected chi connectivity index (χ4v) is 3.57. The number of aromatic hydroxyl groups is 1. The van der Waals surface area contributed by atoms with Gasteiger partial charge >= 0.3 is 0 Å². The molecule has 214 valence electrons. The summed E-state index contributed by atoms with van der Waals surface area (Å²) < 4.78 is 5.76. The van der Waals surface area contributed by atoms with Gasteiger partial charge in [-0.25, -0.2) is 0 Å². The number of phenols is 1. The van der Waals surface area contributed by atoms with Gasteiger partial charge in [0.15, 0.2) is 0 Å². The number of hydrogen-bond acceptors (Lipinski definition) is 4. The Hall–Kier alpha value is -3.38. The number of rotatable bonds is 21. The van der Waals surface area contributed by atoms with Crippen LogP contribution in [-0.2, 0) is 9.53 Å². The first kappa shape index (κ1) is 33.6. The number of amides is 2. The van der Waals surface area contributed by atoms with E-state index in [2.05, 4.69) is 78.3 Å². The Kier molecular flexibility index (Phi) is 20.5. The highest BCUT2D eigenvalue weighted by Gasteiger charge is 2.16. The largest absolute Gasteiger partial charge is 0.507 e. The molecule has 6 heteroatoms. The molecular formula is C33H48N2O4. The molecule has 0 aromatic heterocycles. The Labute approximate surface area is 235 Å². The molecule has 3 N–H and O–H groups in total. The van der Waals surface area contributed by atoms with E-state index >= 15 is 0 Å². The molecule has 1 aromatic rings. The number of allylic oxidation sites excluding steroid dienone is 10. The Bertz CT molecular complexity index is 947. The quantitative estimate of drug-likeness (QED) is 0.117. The van der Waals surface area contributed by atoms with Gasteiger partial charge in [-0.05, 0) is 69.9 Å². The lowest BCUT2D eigenvalue weighted by atomic mass is 10.2. The van der Waals surface area contributed by atoms with Gasteiger partial charge in [-0.3, -0.25) is 9.59 Å². The first-order valence-corrected chi connectivity index (χ1v) is 14.3. The van der Waals surface area contributed by atoms with Crippen LogP contribution in [0.5, 0.6) is 5.75 Å². The summed E-state index contributed by atoms with van der Waals surface area (Å²) in [6.07, 6.45) is 30.0. The monoisotopic (exact) mass is 536 g/mol. The highest BCUT2D eigenvalue weighted by Crippen LogP contribution is 2.14. The predicted molar refractivity (Wildman–Crippen MR) is 162 cm³/mol. The molecule has 0 aliphatic rings. The number of benzene rings is 1.